The van der Waals surface area contributed by atoms with Gasteiger partial charge in [-0.3, -0.25) is 4.79 Å². The van der Waals surface area contributed by atoms with Crippen molar-refractivity contribution in [3.8, 4) is 0 Å². The Morgan fingerprint density at radius 3 is 2.76 bits per heavy atom. The second-order valence-corrected chi connectivity index (χ2v) is 5.36. The molecular formula is C11H10BrN3OS. The van der Waals surface area contributed by atoms with Gasteiger partial charge in [-0.2, -0.15) is 5.10 Å². The molecule has 4 nitrogen and oxygen atoms in total. The summed E-state index contributed by atoms with van der Waals surface area (Å²) in [6.45, 7) is 1.55. The van der Waals surface area contributed by atoms with Gasteiger partial charge in [-0.05, 0) is 25.1 Å². The van der Waals surface area contributed by atoms with E-state index in [1.54, 1.807) is 11.6 Å². The van der Waals surface area contributed by atoms with Crippen molar-refractivity contribution in [3.05, 3.63) is 34.6 Å². The molecule has 0 saturated heterocycles. The molecule has 0 saturated carbocycles. The molecule has 0 fully saturated rings. The Bertz CT molecular complexity index is 568. The highest BCUT2D eigenvalue weighted by Crippen LogP contribution is 2.29. The summed E-state index contributed by atoms with van der Waals surface area (Å²) in [4.78, 5) is 16.4. The van der Waals surface area contributed by atoms with Gasteiger partial charge in [0.15, 0.2) is 10.9 Å². The molecule has 88 valence electrons. The summed E-state index contributed by atoms with van der Waals surface area (Å²) in [7, 11) is 1.84. The highest BCUT2D eigenvalue weighted by atomic mass is 79.9. The molecule has 0 N–H and O–H groups in total. The molecule has 0 spiro atoms. The molecule has 1 aromatic heterocycles. The quantitative estimate of drug-likeness (QED) is 0.818. The van der Waals surface area contributed by atoms with Gasteiger partial charge in [0.25, 0.3) is 0 Å². The van der Waals surface area contributed by atoms with E-state index >= 15 is 0 Å². The van der Waals surface area contributed by atoms with Crippen LogP contribution in [0.1, 0.15) is 17.3 Å². The number of aromatic nitrogens is 3. The maximum atomic E-state index is 11.3. The predicted octanol–water partition coefficient (Wildman–Crippen LogP) is 2.93. The summed E-state index contributed by atoms with van der Waals surface area (Å²) >= 11 is 4.90. The Morgan fingerprint density at radius 2 is 2.24 bits per heavy atom. The van der Waals surface area contributed by atoms with Crippen LogP contribution in [-0.4, -0.2) is 20.5 Å². The number of rotatable bonds is 3. The normalized spacial score (nSPS) is 10.5. The van der Waals surface area contributed by atoms with Crippen LogP contribution < -0.4 is 0 Å². The van der Waals surface area contributed by atoms with Gasteiger partial charge in [-0.25, -0.2) is 9.67 Å². The summed E-state index contributed by atoms with van der Waals surface area (Å²) in [5, 5.41) is 4.81. The third-order valence-corrected chi connectivity index (χ3v) is 3.90. The molecule has 2 rings (SSSR count). The summed E-state index contributed by atoms with van der Waals surface area (Å²) in [6.07, 6.45) is 1.52. The first-order valence-corrected chi connectivity index (χ1v) is 6.51. The molecule has 0 atom stereocenters. The zero-order valence-corrected chi connectivity index (χ0v) is 11.7. The molecule has 0 aliphatic heterocycles. The number of aryl methyl sites for hydroxylation is 1. The number of halogens is 1. The molecule has 0 aliphatic rings. The first-order valence-electron chi connectivity index (χ1n) is 4.90. The van der Waals surface area contributed by atoms with Crippen molar-refractivity contribution >= 4 is 33.5 Å². The zero-order valence-electron chi connectivity index (χ0n) is 9.35. The Morgan fingerprint density at radius 1 is 1.47 bits per heavy atom. The number of hydrogen-bond acceptors (Lipinski definition) is 4. The second-order valence-electron chi connectivity index (χ2n) is 3.47. The van der Waals surface area contributed by atoms with Crippen LogP contribution in [0.15, 0.2) is 39.1 Å². The molecule has 0 unspecified atom stereocenters. The van der Waals surface area contributed by atoms with E-state index in [2.05, 4.69) is 26.0 Å². The maximum Gasteiger partial charge on any atom is 0.190 e. The van der Waals surface area contributed by atoms with E-state index in [1.807, 2.05) is 25.2 Å². The lowest BCUT2D eigenvalue weighted by molar-refractivity contribution is 0.101. The molecular weight excluding hydrogens is 302 g/mol. The van der Waals surface area contributed by atoms with Crippen LogP contribution in [0.2, 0.25) is 0 Å². The Labute approximate surface area is 112 Å². The number of Topliss-reactive ketones (excluding diaryl/α,β-unsaturated/α-hetero) is 1. The van der Waals surface area contributed by atoms with Gasteiger partial charge in [0, 0.05) is 22.0 Å². The van der Waals surface area contributed by atoms with Gasteiger partial charge in [0.1, 0.15) is 6.33 Å². The van der Waals surface area contributed by atoms with Crippen LogP contribution in [0.3, 0.4) is 0 Å². The van der Waals surface area contributed by atoms with Gasteiger partial charge in [-0.15, -0.1) is 0 Å². The van der Waals surface area contributed by atoms with Crippen molar-refractivity contribution in [1.29, 1.82) is 0 Å². The fourth-order valence-electron chi connectivity index (χ4n) is 1.33. The molecule has 6 heteroatoms. The van der Waals surface area contributed by atoms with E-state index in [4.69, 9.17) is 0 Å². The van der Waals surface area contributed by atoms with Gasteiger partial charge in [-0.1, -0.05) is 27.7 Å². The summed E-state index contributed by atoms with van der Waals surface area (Å²) in [5.41, 5.74) is 0.687. The van der Waals surface area contributed by atoms with Crippen molar-refractivity contribution in [3.63, 3.8) is 0 Å². The van der Waals surface area contributed by atoms with E-state index < -0.39 is 0 Å². The minimum Gasteiger partial charge on any atom is -0.294 e. The monoisotopic (exact) mass is 311 g/mol. The Hall–Kier alpha value is -1.14. The molecule has 0 bridgehead atoms. The van der Waals surface area contributed by atoms with E-state index in [9.17, 15) is 4.79 Å². The topological polar surface area (TPSA) is 47.8 Å². The van der Waals surface area contributed by atoms with Crippen molar-refractivity contribution in [2.24, 2.45) is 7.05 Å². The van der Waals surface area contributed by atoms with Gasteiger partial charge >= 0.3 is 0 Å². The first-order chi connectivity index (χ1) is 8.08. The lowest BCUT2D eigenvalue weighted by Gasteiger charge is -2.04. The number of nitrogens with zero attached hydrogens (tertiary/aromatic N) is 3. The van der Waals surface area contributed by atoms with E-state index in [1.165, 1.54) is 18.1 Å². The van der Waals surface area contributed by atoms with Gasteiger partial charge in [0.05, 0.1) is 0 Å². The van der Waals surface area contributed by atoms with Crippen molar-refractivity contribution in [2.75, 3.05) is 0 Å². The minimum atomic E-state index is 0.0482. The van der Waals surface area contributed by atoms with Crippen LogP contribution in [-0.2, 0) is 7.05 Å². The number of carbonyl (C=O) groups excluding carboxylic acids is 1. The SMILES string of the molecule is CC(=O)c1ccc(Sc2ncnn2C)cc1Br. The third-order valence-electron chi connectivity index (χ3n) is 2.20. The first kappa shape index (κ1) is 12.3. The van der Waals surface area contributed by atoms with Crippen LogP contribution in [0.4, 0.5) is 0 Å². The molecule has 17 heavy (non-hydrogen) atoms. The second kappa shape index (κ2) is 5.01. The Kier molecular flexibility index (Phi) is 3.63. The molecule has 0 radical (unpaired) electrons. The standard InChI is InChI=1S/C11H10BrN3OS/c1-7(16)9-4-3-8(5-10(9)12)17-11-13-6-14-15(11)2/h3-6H,1-2H3. The van der Waals surface area contributed by atoms with Crippen molar-refractivity contribution in [1.82, 2.24) is 14.8 Å². The average Bonchev–Trinajstić information content (AvgIpc) is 2.64. The third kappa shape index (κ3) is 2.76. The number of benzene rings is 1. The van der Waals surface area contributed by atoms with Crippen molar-refractivity contribution < 1.29 is 4.79 Å². The predicted molar refractivity (Wildman–Crippen MR) is 69.3 cm³/mol. The molecule has 1 aromatic carbocycles. The summed E-state index contributed by atoms with van der Waals surface area (Å²) in [6, 6.07) is 5.63. The Balaban J connectivity index is 2.27. The van der Waals surface area contributed by atoms with E-state index in [-0.39, 0.29) is 5.78 Å². The van der Waals surface area contributed by atoms with Gasteiger partial charge < -0.3 is 0 Å². The fourth-order valence-corrected chi connectivity index (χ4v) is 2.94. The molecule has 0 aliphatic carbocycles. The number of ketones is 1. The lowest BCUT2D eigenvalue weighted by atomic mass is 10.2. The number of hydrogen-bond donors (Lipinski definition) is 0. The van der Waals surface area contributed by atoms with Crippen LogP contribution in [0.25, 0.3) is 0 Å². The van der Waals surface area contributed by atoms with Crippen molar-refractivity contribution in [2.45, 2.75) is 17.0 Å². The van der Waals surface area contributed by atoms with E-state index in [0.717, 1.165) is 14.5 Å². The summed E-state index contributed by atoms with van der Waals surface area (Å²) in [5.74, 6) is 0.0482. The maximum absolute atomic E-state index is 11.3. The smallest absolute Gasteiger partial charge is 0.190 e. The van der Waals surface area contributed by atoms with Crippen LogP contribution >= 0.6 is 27.7 Å². The van der Waals surface area contributed by atoms with Crippen LogP contribution in [0.5, 0.6) is 0 Å². The fraction of sp³-hybridized carbons (Fsp3) is 0.182. The molecule has 1 heterocycles. The number of carbonyl (C=O) groups is 1. The lowest BCUT2D eigenvalue weighted by Crippen LogP contribution is -1.94. The minimum absolute atomic E-state index is 0.0482. The zero-order chi connectivity index (χ0) is 12.4. The largest absolute Gasteiger partial charge is 0.294 e. The molecule has 0 amide bonds. The molecule has 2 aromatic rings. The highest BCUT2D eigenvalue weighted by Gasteiger charge is 2.08. The van der Waals surface area contributed by atoms with Gasteiger partial charge in [0.2, 0.25) is 0 Å². The van der Waals surface area contributed by atoms with E-state index in [0.29, 0.717) is 5.56 Å². The average molecular weight is 312 g/mol. The highest BCUT2D eigenvalue weighted by molar-refractivity contribution is 9.10. The van der Waals surface area contributed by atoms with Crippen LogP contribution in [0, 0.1) is 0 Å². The summed E-state index contributed by atoms with van der Waals surface area (Å²) < 4.78 is 2.51.